The molecule has 0 aromatic heterocycles. The third-order valence-electron chi connectivity index (χ3n) is 4.43. The summed E-state index contributed by atoms with van der Waals surface area (Å²) in [5, 5.41) is 12.2. The number of urea groups is 1. The van der Waals surface area contributed by atoms with E-state index in [2.05, 4.69) is 11.2 Å². The van der Waals surface area contributed by atoms with E-state index in [1.807, 2.05) is 0 Å². The summed E-state index contributed by atoms with van der Waals surface area (Å²) in [6.45, 7) is 1.14. The Morgan fingerprint density at radius 3 is 2.85 bits per heavy atom. The average Bonchev–Trinajstić information content (AvgIpc) is 2.97. The van der Waals surface area contributed by atoms with Crippen molar-refractivity contribution < 1.29 is 14.7 Å². The Morgan fingerprint density at radius 2 is 2.15 bits per heavy atom. The number of unbranched alkanes of at least 4 members (excludes halogenated alkanes) is 2. The molecule has 5 nitrogen and oxygen atoms in total. The Bertz CT molecular complexity index is 416. The van der Waals surface area contributed by atoms with E-state index in [1.54, 1.807) is 0 Å². The fourth-order valence-corrected chi connectivity index (χ4v) is 3.48. The van der Waals surface area contributed by atoms with Crippen LogP contribution < -0.4 is 5.32 Å². The molecule has 2 rings (SSSR count). The zero-order chi connectivity index (χ0) is 14.5. The number of carboxylic acid groups (broad SMARTS) is 1. The van der Waals surface area contributed by atoms with Crippen LogP contribution in [-0.2, 0) is 4.79 Å². The number of aliphatic carboxylic acids is 1. The highest BCUT2D eigenvalue weighted by molar-refractivity contribution is 5.83. The van der Waals surface area contributed by atoms with Gasteiger partial charge in [-0.15, -0.1) is 12.3 Å². The third-order valence-corrected chi connectivity index (χ3v) is 4.43. The summed E-state index contributed by atoms with van der Waals surface area (Å²) in [7, 11) is 0. The summed E-state index contributed by atoms with van der Waals surface area (Å²) < 4.78 is 0. The molecular weight excluding hydrogens is 256 g/mol. The van der Waals surface area contributed by atoms with Crippen LogP contribution in [0.1, 0.15) is 38.5 Å². The lowest BCUT2D eigenvalue weighted by Crippen LogP contribution is -2.48. The van der Waals surface area contributed by atoms with Crippen LogP contribution in [0, 0.1) is 24.2 Å². The fourth-order valence-electron chi connectivity index (χ4n) is 3.48. The van der Waals surface area contributed by atoms with Crippen molar-refractivity contribution in [2.24, 2.45) is 11.8 Å². The van der Waals surface area contributed by atoms with Crippen LogP contribution in [0.3, 0.4) is 0 Å². The van der Waals surface area contributed by atoms with Crippen molar-refractivity contribution in [2.45, 2.75) is 44.6 Å². The monoisotopic (exact) mass is 278 g/mol. The summed E-state index contributed by atoms with van der Waals surface area (Å²) in [6, 6.07) is -0.888. The Kier molecular flexibility index (Phi) is 4.89. The smallest absolute Gasteiger partial charge is 0.326 e. The van der Waals surface area contributed by atoms with Crippen LogP contribution >= 0.6 is 0 Å². The molecule has 5 heteroatoms. The van der Waals surface area contributed by atoms with Crippen molar-refractivity contribution >= 4 is 12.0 Å². The number of rotatable bonds is 5. The molecule has 0 aromatic carbocycles. The van der Waals surface area contributed by atoms with E-state index >= 15 is 0 Å². The van der Waals surface area contributed by atoms with Crippen molar-refractivity contribution in [3.05, 3.63) is 0 Å². The molecule has 0 spiro atoms. The minimum atomic E-state index is -0.873. The quantitative estimate of drug-likeness (QED) is 0.594. The largest absolute Gasteiger partial charge is 0.480 e. The van der Waals surface area contributed by atoms with Crippen LogP contribution in [0.5, 0.6) is 0 Å². The first kappa shape index (κ1) is 14.7. The predicted molar refractivity (Wildman–Crippen MR) is 75.0 cm³/mol. The molecular formula is C15H22N2O3. The normalized spacial score (nSPS) is 27.9. The average molecular weight is 278 g/mol. The number of carbonyl (C=O) groups excluding carboxylic acids is 1. The maximum atomic E-state index is 12.1. The number of nitrogens with zero attached hydrogens (tertiary/aromatic N) is 1. The highest BCUT2D eigenvalue weighted by Crippen LogP contribution is 2.42. The van der Waals surface area contributed by atoms with Gasteiger partial charge in [-0.3, -0.25) is 0 Å². The number of nitrogens with one attached hydrogen (secondary N) is 1. The Morgan fingerprint density at radius 1 is 1.35 bits per heavy atom. The SMILES string of the molecule is C#CCCCCNC(=O)N1CC2CCCC2C1C(=O)O. The highest BCUT2D eigenvalue weighted by Gasteiger charge is 2.49. The molecule has 1 heterocycles. The van der Waals surface area contributed by atoms with Crippen molar-refractivity contribution in [1.29, 1.82) is 0 Å². The van der Waals surface area contributed by atoms with Crippen molar-refractivity contribution in [1.82, 2.24) is 10.2 Å². The number of hydrogen-bond donors (Lipinski definition) is 2. The molecule has 2 fully saturated rings. The van der Waals surface area contributed by atoms with Crippen LogP contribution in [-0.4, -0.2) is 41.1 Å². The van der Waals surface area contributed by atoms with Gasteiger partial charge in [-0.25, -0.2) is 9.59 Å². The molecule has 20 heavy (non-hydrogen) atoms. The fraction of sp³-hybridized carbons (Fsp3) is 0.733. The second-order valence-corrected chi connectivity index (χ2v) is 5.68. The van der Waals surface area contributed by atoms with Gasteiger partial charge < -0.3 is 15.3 Å². The topological polar surface area (TPSA) is 69.6 Å². The number of likely N-dealkylation sites (tertiary alicyclic amines) is 1. The molecule has 2 aliphatic rings. The number of carbonyl (C=O) groups is 2. The van der Waals surface area contributed by atoms with Gasteiger partial charge in [-0.1, -0.05) is 6.42 Å². The molecule has 1 aliphatic heterocycles. The first-order valence-electron chi connectivity index (χ1n) is 7.36. The van der Waals surface area contributed by atoms with Crippen molar-refractivity contribution in [3.8, 4) is 12.3 Å². The Labute approximate surface area is 119 Å². The Balaban J connectivity index is 1.86. The molecule has 1 saturated heterocycles. The lowest BCUT2D eigenvalue weighted by atomic mass is 9.94. The molecule has 1 aliphatic carbocycles. The first-order chi connectivity index (χ1) is 9.65. The van der Waals surface area contributed by atoms with E-state index in [4.69, 9.17) is 6.42 Å². The van der Waals surface area contributed by atoms with Gasteiger partial charge in [-0.05, 0) is 37.5 Å². The molecule has 0 bridgehead atoms. The predicted octanol–water partition coefficient (Wildman–Crippen LogP) is 1.68. The van der Waals surface area contributed by atoms with Gasteiger partial charge in [0.15, 0.2) is 0 Å². The van der Waals surface area contributed by atoms with E-state index in [1.165, 1.54) is 4.90 Å². The molecule has 1 saturated carbocycles. The highest BCUT2D eigenvalue weighted by atomic mass is 16.4. The summed E-state index contributed by atoms with van der Waals surface area (Å²) in [5.41, 5.74) is 0. The lowest BCUT2D eigenvalue weighted by molar-refractivity contribution is -0.142. The number of fused-ring (bicyclic) bond motifs is 1. The lowest BCUT2D eigenvalue weighted by Gasteiger charge is -2.24. The maximum absolute atomic E-state index is 12.1. The molecule has 110 valence electrons. The van der Waals surface area contributed by atoms with Gasteiger partial charge in [0.2, 0.25) is 0 Å². The van der Waals surface area contributed by atoms with Crippen molar-refractivity contribution in [3.63, 3.8) is 0 Å². The number of terminal acetylenes is 1. The van der Waals surface area contributed by atoms with E-state index in [0.717, 1.165) is 32.1 Å². The summed E-state index contributed by atoms with van der Waals surface area (Å²) in [5.74, 6) is 2.19. The summed E-state index contributed by atoms with van der Waals surface area (Å²) in [6.07, 6.45) is 10.6. The van der Waals surface area contributed by atoms with E-state index < -0.39 is 12.0 Å². The molecule has 0 aromatic rings. The minimum absolute atomic E-state index is 0.139. The summed E-state index contributed by atoms with van der Waals surface area (Å²) in [4.78, 5) is 25.1. The van der Waals surface area contributed by atoms with E-state index in [9.17, 15) is 14.7 Å². The number of carboxylic acids is 1. The van der Waals surface area contributed by atoms with Gasteiger partial charge in [0, 0.05) is 19.5 Å². The molecule has 3 atom stereocenters. The number of hydrogen-bond acceptors (Lipinski definition) is 2. The molecule has 2 N–H and O–H groups in total. The zero-order valence-corrected chi connectivity index (χ0v) is 11.7. The van der Waals surface area contributed by atoms with Crippen molar-refractivity contribution in [2.75, 3.05) is 13.1 Å². The van der Waals surface area contributed by atoms with Crippen LogP contribution in [0.15, 0.2) is 0 Å². The standard InChI is InChI=1S/C15H22N2O3/c1-2-3-4-5-9-16-15(20)17-10-11-7-6-8-12(11)13(17)14(18)19/h1,11-13H,3-10H2,(H,16,20)(H,18,19). The van der Waals surface area contributed by atoms with Crippen LogP contribution in [0.2, 0.25) is 0 Å². The molecule has 3 unspecified atom stereocenters. The molecule has 0 radical (unpaired) electrons. The summed E-state index contributed by atoms with van der Waals surface area (Å²) >= 11 is 0. The van der Waals surface area contributed by atoms with Crippen LogP contribution in [0.4, 0.5) is 4.79 Å². The second-order valence-electron chi connectivity index (χ2n) is 5.68. The number of amides is 2. The maximum Gasteiger partial charge on any atom is 0.326 e. The molecule has 2 amide bonds. The van der Waals surface area contributed by atoms with E-state index in [0.29, 0.717) is 25.4 Å². The van der Waals surface area contributed by atoms with Crippen LogP contribution in [0.25, 0.3) is 0 Å². The van der Waals surface area contributed by atoms with Gasteiger partial charge in [0.1, 0.15) is 6.04 Å². The zero-order valence-electron chi connectivity index (χ0n) is 11.7. The minimum Gasteiger partial charge on any atom is -0.480 e. The van der Waals surface area contributed by atoms with Gasteiger partial charge in [0.05, 0.1) is 0 Å². The second kappa shape index (κ2) is 6.65. The van der Waals surface area contributed by atoms with Gasteiger partial charge in [0.25, 0.3) is 0 Å². The van der Waals surface area contributed by atoms with Gasteiger partial charge in [-0.2, -0.15) is 0 Å². The van der Waals surface area contributed by atoms with Gasteiger partial charge >= 0.3 is 12.0 Å². The third kappa shape index (κ3) is 3.06. The first-order valence-corrected chi connectivity index (χ1v) is 7.36. The van der Waals surface area contributed by atoms with E-state index in [-0.39, 0.29) is 11.9 Å². The Hall–Kier alpha value is -1.70.